The molecule has 2 heterocycles. The average molecular weight is 434 g/mol. The molecule has 0 saturated heterocycles. The number of carbonyl (C=O) groups excluding carboxylic acids is 2. The number of ether oxygens (including phenoxy) is 1. The topological polar surface area (TPSA) is 59.8 Å². The average Bonchev–Trinajstić information content (AvgIpc) is 3.36. The summed E-state index contributed by atoms with van der Waals surface area (Å²) in [6.45, 7) is 6.45. The first-order valence-corrected chi connectivity index (χ1v) is 11.1. The van der Waals surface area contributed by atoms with Gasteiger partial charge in [0.05, 0.1) is 34.8 Å². The number of benzene rings is 2. The number of carbonyl (C=O) groups is 2. The van der Waals surface area contributed by atoms with E-state index in [1.54, 1.807) is 12.3 Å². The minimum Gasteiger partial charge on any atom is -0.494 e. The first-order chi connectivity index (χ1) is 15.0. The molecule has 0 unspecified atom stereocenters. The Morgan fingerprint density at radius 1 is 0.968 bits per heavy atom. The molecule has 0 bridgehead atoms. The Morgan fingerprint density at radius 3 is 2.39 bits per heavy atom. The molecule has 0 N–H and O–H groups in total. The van der Waals surface area contributed by atoms with E-state index in [0.29, 0.717) is 34.1 Å². The van der Waals surface area contributed by atoms with Crippen LogP contribution in [0.2, 0.25) is 0 Å². The highest BCUT2D eigenvalue weighted by atomic mass is 32.2. The van der Waals surface area contributed by atoms with Gasteiger partial charge in [0.2, 0.25) is 0 Å². The van der Waals surface area contributed by atoms with Crippen molar-refractivity contribution in [3.63, 3.8) is 0 Å². The van der Waals surface area contributed by atoms with Crippen molar-refractivity contribution >= 4 is 34.8 Å². The maximum Gasteiger partial charge on any atom is 0.272 e. The van der Waals surface area contributed by atoms with Crippen LogP contribution in [0.15, 0.2) is 70.2 Å². The van der Waals surface area contributed by atoms with Crippen molar-refractivity contribution in [2.75, 3.05) is 11.5 Å². The fourth-order valence-electron chi connectivity index (χ4n) is 3.42. The molecule has 2 amide bonds. The van der Waals surface area contributed by atoms with Crippen molar-refractivity contribution in [1.29, 1.82) is 0 Å². The Morgan fingerprint density at radius 2 is 1.74 bits per heavy atom. The predicted molar refractivity (Wildman–Crippen MR) is 123 cm³/mol. The lowest BCUT2D eigenvalue weighted by Gasteiger charge is -2.16. The maximum atomic E-state index is 13.5. The molecule has 31 heavy (non-hydrogen) atoms. The van der Waals surface area contributed by atoms with Crippen LogP contribution in [0.5, 0.6) is 5.75 Å². The van der Waals surface area contributed by atoms with Gasteiger partial charge in [-0.05, 0) is 73.9 Å². The second-order valence-corrected chi connectivity index (χ2v) is 8.23. The standard InChI is InChI=1S/C25H23NO4S/c1-4-29-20-11-8-18(9-12-20)22-23(31-15-21-6-5-13-30-21)25(28)26(24(22)27)19-10-7-16(2)17(3)14-19/h5-14H,4,15H2,1-3H3. The van der Waals surface area contributed by atoms with Crippen molar-refractivity contribution in [2.45, 2.75) is 26.5 Å². The van der Waals surface area contributed by atoms with Gasteiger partial charge in [0.25, 0.3) is 11.8 Å². The van der Waals surface area contributed by atoms with Crippen LogP contribution < -0.4 is 9.64 Å². The van der Waals surface area contributed by atoms with E-state index in [1.807, 2.05) is 69.3 Å². The second kappa shape index (κ2) is 8.86. The summed E-state index contributed by atoms with van der Waals surface area (Å²) in [5, 5.41) is 0. The molecule has 0 saturated carbocycles. The summed E-state index contributed by atoms with van der Waals surface area (Å²) in [4.78, 5) is 28.6. The quantitative estimate of drug-likeness (QED) is 0.460. The summed E-state index contributed by atoms with van der Waals surface area (Å²) in [7, 11) is 0. The summed E-state index contributed by atoms with van der Waals surface area (Å²) in [6.07, 6.45) is 1.60. The molecule has 1 aliphatic heterocycles. The molecule has 3 aromatic rings. The SMILES string of the molecule is CCOc1ccc(C2=C(SCc3ccco3)C(=O)N(c3ccc(C)c(C)c3)C2=O)cc1. The first kappa shape index (κ1) is 21.0. The van der Waals surface area contributed by atoms with Gasteiger partial charge in [0.1, 0.15) is 11.5 Å². The lowest BCUT2D eigenvalue weighted by atomic mass is 10.1. The molecule has 0 aliphatic carbocycles. The van der Waals surface area contributed by atoms with E-state index in [0.717, 1.165) is 22.6 Å². The van der Waals surface area contributed by atoms with Crippen LogP contribution in [-0.4, -0.2) is 18.4 Å². The molecule has 158 valence electrons. The second-order valence-electron chi connectivity index (χ2n) is 7.24. The van der Waals surface area contributed by atoms with E-state index in [1.165, 1.54) is 16.7 Å². The van der Waals surface area contributed by atoms with Gasteiger partial charge in [-0.15, -0.1) is 11.8 Å². The predicted octanol–water partition coefficient (Wildman–Crippen LogP) is 5.51. The van der Waals surface area contributed by atoms with Crippen molar-refractivity contribution in [3.8, 4) is 5.75 Å². The summed E-state index contributed by atoms with van der Waals surface area (Å²) < 4.78 is 10.9. The molecule has 0 atom stereocenters. The number of anilines is 1. The van der Waals surface area contributed by atoms with Gasteiger partial charge in [0.15, 0.2) is 0 Å². The zero-order valence-electron chi connectivity index (χ0n) is 17.7. The molecule has 1 aromatic heterocycles. The van der Waals surface area contributed by atoms with E-state index >= 15 is 0 Å². The number of amides is 2. The highest BCUT2D eigenvalue weighted by Gasteiger charge is 2.40. The van der Waals surface area contributed by atoms with Crippen LogP contribution in [0, 0.1) is 13.8 Å². The molecule has 6 heteroatoms. The van der Waals surface area contributed by atoms with E-state index in [2.05, 4.69) is 0 Å². The minimum atomic E-state index is -0.320. The summed E-state index contributed by atoms with van der Waals surface area (Å²) in [6, 6.07) is 16.6. The van der Waals surface area contributed by atoms with Gasteiger partial charge in [-0.25, -0.2) is 4.90 Å². The zero-order chi connectivity index (χ0) is 22.0. The zero-order valence-corrected chi connectivity index (χ0v) is 18.5. The molecule has 0 radical (unpaired) electrons. The molecule has 2 aromatic carbocycles. The number of aryl methyl sites for hydroxylation is 2. The van der Waals surface area contributed by atoms with E-state index in [-0.39, 0.29) is 11.8 Å². The minimum absolute atomic E-state index is 0.311. The van der Waals surface area contributed by atoms with E-state index < -0.39 is 0 Å². The monoisotopic (exact) mass is 433 g/mol. The molecule has 0 spiro atoms. The van der Waals surface area contributed by atoms with Crippen LogP contribution in [-0.2, 0) is 15.3 Å². The van der Waals surface area contributed by atoms with Crippen molar-refractivity contribution in [3.05, 3.63) is 88.2 Å². The van der Waals surface area contributed by atoms with Gasteiger partial charge in [-0.3, -0.25) is 9.59 Å². The fourth-order valence-corrected chi connectivity index (χ4v) is 4.43. The third kappa shape index (κ3) is 4.16. The fraction of sp³-hybridized carbons (Fsp3) is 0.200. The van der Waals surface area contributed by atoms with E-state index in [9.17, 15) is 9.59 Å². The molecule has 4 rings (SSSR count). The maximum absolute atomic E-state index is 13.5. The third-order valence-corrected chi connectivity index (χ3v) is 6.28. The third-order valence-electron chi connectivity index (χ3n) is 5.18. The summed E-state index contributed by atoms with van der Waals surface area (Å²) in [5.74, 6) is 1.30. The Labute approximate surface area is 185 Å². The summed E-state index contributed by atoms with van der Waals surface area (Å²) in [5.41, 5.74) is 3.81. The van der Waals surface area contributed by atoms with Gasteiger partial charge in [-0.2, -0.15) is 0 Å². The lowest BCUT2D eigenvalue weighted by Crippen LogP contribution is -2.31. The normalized spacial score (nSPS) is 14.0. The Bertz CT molecular complexity index is 1150. The van der Waals surface area contributed by atoms with Gasteiger partial charge < -0.3 is 9.15 Å². The smallest absolute Gasteiger partial charge is 0.272 e. The number of nitrogens with zero attached hydrogens (tertiary/aromatic N) is 1. The van der Waals surface area contributed by atoms with Crippen molar-refractivity contribution in [2.24, 2.45) is 0 Å². The Balaban J connectivity index is 1.73. The van der Waals surface area contributed by atoms with Crippen LogP contribution in [0.25, 0.3) is 5.57 Å². The molecular formula is C25H23NO4S. The van der Waals surface area contributed by atoms with Gasteiger partial charge in [-0.1, -0.05) is 18.2 Å². The van der Waals surface area contributed by atoms with Crippen LogP contribution >= 0.6 is 11.8 Å². The van der Waals surface area contributed by atoms with Gasteiger partial charge >= 0.3 is 0 Å². The molecular weight excluding hydrogens is 410 g/mol. The molecule has 1 aliphatic rings. The van der Waals surface area contributed by atoms with Crippen molar-refractivity contribution in [1.82, 2.24) is 0 Å². The van der Waals surface area contributed by atoms with Crippen LogP contribution in [0.3, 0.4) is 0 Å². The number of hydrogen-bond acceptors (Lipinski definition) is 5. The first-order valence-electron chi connectivity index (χ1n) is 10.1. The summed E-state index contributed by atoms with van der Waals surface area (Å²) >= 11 is 1.32. The Kier molecular flexibility index (Phi) is 6.00. The van der Waals surface area contributed by atoms with Crippen LogP contribution in [0.4, 0.5) is 5.69 Å². The Hall–Kier alpha value is -3.25. The largest absolute Gasteiger partial charge is 0.494 e. The number of hydrogen-bond donors (Lipinski definition) is 0. The highest BCUT2D eigenvalue weighted by Crippen LogP contribution is 2.40. The lowest BCUT2D eigenvalue weighted by molar-refractivity contribution is -0.119. The number of furan rings is 1. The van der Waals surface area contributed by atoms with E-state index in [4.69, 9.17) is 9.15 Å². The van der Waals surface area contributed by atoms with Gasteiger partial charge in [0, 0.05) is 0 Å². The number of rotatable bonds is 7. The number of imide groups is 1. The molecule has 5 nitrogen and oxygen atoms in total. The number of thioether (sulfide) groups is 1. The highest BCUT2D eigenvalue weighted by molar-refractivity contribution is 8.03. The van der Waals surface area contributed by atoms with Crippen molar-refractivity contribution < 1.29 is 18.7 Å². The molecule has 0 fully saturated rings. The van der Waals surface area contributed by atoms with Crippen LogP contribution in [0.1, 0.15) is 29.4 Å².